The number of guanidine groups is 1. The van der Waals surface area contributed by atoms with E-state index in [9.17, 15) is 0 Å². The lowest BCUT2D eigenvalue weighted by Gasteiger charge is -2.23. The molecule has 0 amide bonds. The third-order valence-electron chi connectivity index (χ3n) is 3.58. The van der Waals surface area contributed by atoms with Crippen molar-refractivity contribution in [1.29, 1.82) is 0 Å². The van der Waals surface area contributed by atoms with Crippen LogP contribution in [0, 0.1) is 0 Å². The minimum Gasteiger partial charge on any atom is -0.488 e. The quantitative estimate of drug-likeness (QED) is 0.366. The lowest BCUT2D eigenvalue weighted by molar-refractivity contribution is 0.129. The number of nitrogens with one attached hydrogen (secondary N) is 2. The van der Waals surface area contributed by atoms with Gasteiger partial charge in [0, 0.05) is 24.6 Å². The maximum atomic E-state index is 6.03. The average molecular weight is 501 g/mol. The van der Waals surface area contributed by atoms with Gasteiger partial charge in [-0.05, 0) is 26.8 Å². The van der Waals surface area contributed by atoms with Crippen LogP contribution >= 0.6 is 24.0 Å². The van der Waals surface area contributed by atoms with Gasteiger partial charge in [0.1, 0.15) is 11.4 Å². The summed E-state index contributed by atoms with van der Waals surface area (Å²) in [6, 6.07) is 7.98. The second-order valence-corrected chi connectivity index (χ2v) is 8.37. The van der Waals surface area contributed by atoms with E-state index in [1.165, 1.54) is 0 Å². The maximum Gasteiger partial charge on any atom is 0.232 e. The van der Waals surface area contributed by atoms with Gasteiger partial charge in [-0.1, -0.05) is 44.1 Å². The van der Waals surface area contributed by atoms with Crippen LogP contribution in [-0.4, -0.2) is 28.7 Å². The first kappa shape index (κ1) is 24.2. The lowest BCUT2D eigenvalue weighted by Crippen LogP contribution is -2.36. The molecular weight excluding hydrogens is 469 g/mol. The summed E-state index contributed by atoms with van der Waals surface area (Å²) in [7, 11) is 1.73. The molecule has 8 heteroatoms. The Labute approximate surface area is 184 Å². The molecule has 7 nitrogen and oxygen atoms in total. The van der Waals surface area contributed by atoms with Crippen LogP contribution in [-0.2, 0) is 18.5 Å². The molecule has 1 aromatic heterocycles. The molecule has 1 heterocycles. The summed E-state index contributed by atoms with van der Waals surface area (Å²) in [5, 5.41) is 10.5. The number of benzene rings is 1. The standard InChI is InChI=1S/C20H31N5O2.HI/c1-19(2,3)17-24-16(25-27-17)13-23-18(21-7)22-12-14-10-8-9-11-15(14)26-20(4,5)6;/h8-11H,12-13H2,1-7H3,(H2,21,22,23);1H. The van der Waals surface area contributed by atoms with Crippen LogP contribution in [0.2, 0.25) is 0 Å². The summed E-state index contributed by atoms with van der Waals surface area (Å²) >= 11 is 0. The molecule has 0 fully saturated rings. The zero-order valence-corrected chi connectivity index (χ0v) is 20.1. The highest BCUT2D eigenvalue weighted by molar-refractivity contribution is 14.0. The van der Waals surface area contributed by atoms with E-state index >= 15 is 0 Å². The molecule has 0 saturated carbocycles. The van der Waals surface area contributed by atoms with Gasteiger partial charge in [0.15, 0.2) is 11.8 Å². The summed E-state index contributed by atoms with van der Waals surface area (Å²) in [4.78, 5) is 8.66. The number of hydrogen-bond donors (Lipinski definition) is 2. The Morgan fingerprint density at radius 3 is 2.29 bits per heavy atom. The summed E-state index contributed by atoms with van der Waals surface area (Å²) in [5.41, 5.74) is 0.645. The topological polar surface area (TPSA) is 84.6 Å². The van der Waals surface area contributed by atoms with Gasteiger partial charge in [-0.15, -0.1) is 24.0 Å². The highest BCUT2D eigenvalue weighted by Crippen LogP contribution is 2.23. The van der Waals surface area contributed by atoms with Crippen molar-refractivity contribution in [1.82, 2.24) is 20.8 Å². The van der Waals surface area contributed by atoms with E-state index in [2.05, 4.69) is 25.8 Å². The predicted molar refractivity (Wildman–Crippen MR) is 122 cm³/mol. The second kappa shape index (κ2) is 10.1. The first-order valence-electron chi connectivity index (χ1n) is 9.13. The van der Waals surface area contributed by atoms with Crippen molar-refractivity contribution in [3.63, 3.8) is 0 Å². The van der Waals surface area contributed by atoms with Crippen LogP contribution in [0.25, 0.3) is 0 Å². The molecule has 1 aromatic carbocycles. The molecular formula is C20H32IN5O2. The van der Waals surface area contributed by atoms with Gasteiger partial charge in [-0.2, -0.15) is 4.98 Å². The number of hydrogen-bond acceptors (Lipinski definition) is 5. The Balaban J connectivity index is 0.00000392. The zero-order valence-electron chi connectivity index (χ0n) is 17.8. The Bertz CT molecular complexity index is 775. The smallest absolute Gasteiger partial charge is 0.232 e. The molecule has 0 aliphatic carbocycles. The molecule has 0 saturated heterocycles. The van der Waals surface area contributed by atoms with Gasteiger partial charge in [0.2, 0.25) is 5.89 Å². The van der Waals surface area contributed by atoms with Crippen LogP contribution in [0.15, 0.2) is 33.8 Å². The molecule has 28 heavy (non-hydrogen) atoms. The Morgan fingerprint density at radius 1 is 1.07 bits per heavy atom. The summed E-state index contributed by atoms with van der Waals surface area (Å²) < 4.78 is 11.3. The van der Waals surface area contributed by atoms with Gasteiger partial charge in [-0.25, -0.2) is 0 Å². The number of ether oxygens (including phenoxy) is 1. The van der Waals surface area contributed by atoms with Crippen molar-refractivity contribution < 1.29 is 9.26 Å². The molecule has 0 radical (unpaired) electrons. The number of aromatic nitrogens is 2. The molecule has 0 aliphatic rings. The van der Waals surface area contributed by atoms with E-state index in [0.29, 0.717) is 30.8 Å². The van der Waals surface area contributed by atoms with E-state index in [-0.39, 0.29) is 35.0 Å². The van der Waals surface area contributed by atoms with Crippen molar-refractivity contribution in [3.8, 4) is 5.75 Å². The van der Waals surface area contributed by atoms with Gasteiger partial charge in [0.25, 0.3) is 0 Å². The van der Waals surface area contributed by atoms with E-state index in [1.807, 2.05) is 65.8 Å². The molecule has 2 aromatic rings. The highest BCUT2D eigenvalue weighted by Gasteiger charge is 2.21. The first-order chi connectivity index (χ1) is 12.6. The number of rotatable bonds is 5. The predicted octanol–water partition coefficient (Wildman–Crippen LogP) is 4.03. The molecule has 2 rings (SSSR count). The number of nitrogens with zero attached hydrogens (tertiary/aromatic N) is 3. The number of para-hydroxylation sites is 1. The average Bonchev–Trinajstić information content (AvgIpc) is 3.04. The lowest BCUT2D eigenvalue weighted by atomic mass is 9.97. The zero-order chi connectivity index (χ0) is 20.1. The molecule has 0 atom stereocenters. The molecule has 0 spiro atoms. The SMILES string of the molecule is CN=C(NCc1noc(C(C)(C)C)n1)NCc1ccccc1OC(C)(C)C.I. The van der Waals surface area contributed by atoms with Crippen molar-refractivity contribution in [3.05, 3.63) is 41.5 Å². The van der Waals surface area contributed by atoms with Crippen molar-refractivity contribution in [2.75, 3.05) is 7.05 Å². The van der Waals surface area contributed by atoms with Gasteiger partial charge < -0.3 is 19.9 Å². The van der Waals surface area contributed by atoms with Gasteiger partial charge in [0.05, 0.1) is 6.54 Å². The molecule has 0 bridgehead atoms. The Hall–Kier alpha value is -1.84. The van der Waals surface area contributed by atoms with Gasteiger partial charge >= 0.3 is 0 Å². The van der Waals surface area contributed by atoms with Crippen molar-refractivity contribution in [2.24, 2.45) is 4.99 Å². The van der Waals surface area contributed by atoms with E-state index in [1.54, 1.807) is 7.05 Å². The third-order valence-corrected chi connectivity index (χ3v) is 3.58. The fourth-order valence-electron chi connectivity index (χ4n) is 2.27. The van der Waals surface area contributed by atoms with Gasteiger partial charge in [-0.3, -0.25) is 4.99 Å². The van der Waals surface area contributed by atoms with Crippen LogP contribution in [0.4, 0.5) is 0 Å². The summed E-state index contributed by atoms with van der Waals surface area (Å²) in [5.74, 6) is 2.73. The Kier molecular flexibility index (Phi) is 8.72. The third kappa shape index (κ3) is 7.65. The monoisotopic (exact) mass is 501 g/mol. The second-order valence-electron chi connectivity index (χ2n) is 8.37. The van der Waals surface area contributed by atoms with E-state index in [0.717, 1.165) is 11.3 Å². The van der Waals surface area contributed by atoms with E-state index in [4.69, 9.17) is 9.26 Å². The minimum atomic E-state index is -0.251. The first-order valence-corrected chi connectivity index (χ1v) is 9.13. The highest BCUT2D eigenvalue weighted by atomic mass is 127. The fourth-order valence-corrected chi connectivity index (χ4v) is 2.27. The maximum absolute atomic E-state index is 6.03. The van der Waals surface area contributed by atoms with Crippen LogP contribution in [0.5, 0.6) is 5.75 Å². The van der Waals surface area contributed by atoms with Crippen LogP contribution in [0.3, 0.4) is 0 Å². The molecule has 0 unspecified atom stereocenters. The molecule has 156 valence electrons. The van der Waals surface area contributed by atoms with Crippen molar-refractivity contribution >= 4 is 29.9 Å². The fraction of sp³-hybridized carbons (Fsp3) is 0.550. The largest absolute Gasteiger partial charge is 0.488 e. The number of aliphatic imine (C=N–C) groups is 1. The summed E-state index contributed by atoms with van der Waals surface area (Å²) in [6.45, 7) is 13.2. The minimum absolute atomic E-state index is 0. The normalized spacial score (nSPS) is 12.3. The Morgan fingerprint density at radius 2 is 1.71 bits per heavy atom. The van der Waals surface area contributed by atoms with E-state index < -0.39 is 0 Å². The van der Waals surface area contributed by atoms with Crippen molar-refractivity contribution in [2.45, 2.75) is 65.6 Å². The molecule has 0 aliphatic heterocycles. The number of halogens is 1. The molecule has 2 N–H and O–H groups in total. The summed E-state index contributed by atoms with van der Waals surface area (Å²) in [6.07, 6.45) is 0. The van der Waals surface area contributed by atoms with Crippen LogP contribution < -0.4 is 15.4 Å². The van der Waals surface area contributed by atoms with Crippen LogP contribution in [0.1, 0.15) is 58.8 Å².